The van der Waals surface area contributed by atoms with E-state index in [1.54, 1.807) is 4.90 Å². The number of halogens is 1. The number of benzene rings is 2. The number of anilines is 1. The van der Waals surface area contributed by atoms with Gasteiger partial charge in [0.05, 0.1) is 11.7 Å². The van der Waals surface area contributed by atoms with Crippen LogP contribution in [-0.4, -0.2) is 40.8 Å². The van der Waals surface area contributed by atoms with Crippen LogP contribution in [0, 0.1) is 18.7 Å². The van der Waals surface area contributed by atoms with Gasteiger partial charge in [-0.3, -0.25) is 9.80 Å². The van der Waals surface area contributed by atoms with Gasteiger partial charge in [-0.15, -0.1) is 0 Å². The van der Waals surface area contributed by atoms with E-state index >= 15 is 0 Å². The minimum absolute atomic E-state index is 0.159. The Kier molecular flexibility index (Phi) is 5.26. The molecule has 152 valence electrons. The van der Waals surface area contributed by atoms with Crippen molar-refractivity contribution in [3.8, 4) is 5.75 Å². The number of rotatable bonds is 3. The second kappa shape index (κ2) is 7.85. The maximum atomic E-state index is 13.3. The van der Waals surface area contributed by atoms with Gasteiger partial charge in [-0.05, 0) is 62.4 Å². The Balaban J connectivity index is 1.44. The zero-order valence-electron chi connectivity index (χ0n) is 16.8. The first-order valence-corrected chi connectivity index (χ1v) is 10.1. The van der Waals surface area contributed by atoms with Crippen molar-refractivity contribution in [3.63, 3.8) is 0 Å². The average molecular weight is 395 g/mol. The van der Waals surface area contributed by atoms with Crippen LogP contribution in [0.4, 0.5) is 10.1 Å². The van der Waals surface area contributed by atoms with Gasteiger partial charge < -0.3 is 10.0 Å². The van der Waals surface area contributed by atoms with Crippen LogP contribution in [0.2, 0.25) is 0 Å². The number of nitrogens with zero attached hydrogens (tertiary/aromatic N) is 3. The zero-order chi connectivity index (χ0) is 20.5. The van der Waals surface area contributed by atoms with Crippen LogP contribution in [0.15, 0.2) is 47.6 Å². The number of carbonyl (C=O) groups is 1. The highest BCUT2D eigenvalue weighted by Gasteiger charge is 2.36. The number of phenols is 1. The van der Waals surface area contributed by atoms with E-state index in [1.807, 2.05) is 12.1 Å². The number of hydrazone groups is 1. The van der Waals surface area contributed by atoms with Crippen molar-refractivity contribution in [1.29, 1.82) is 0 Å². The van der Waals surface area contributed by atoms with E-state index in [-0.39, 0.29) is 5.91 Å². The number of amides is 1. The predicted octanol–water partition coefficient (Wildman–Crippen LogP) is 4.35. The molecule has 0 saturated carbocycles. The molecule has 6 heteroatoms. The summed E-state index contributed by atoms with van der Waals surface area (Å²) in [5.41, 5.74) is 3.82. The summed E-state index contributed by atoms with van der Waals surface area (Å²) in [6, 6.07) is 12.4. The molecule has 2 aliphatic heterocycles. The number of para-hydroxylation sites is 1. The standard InChI is InChI=1S/C23H26FN3O2/c1-15-5-3-4-6-20(15)27-21(13-16(2)25-27)17-9-11-26(12-10-17)23(29)18-7-8-19(24)22(28)14-18/h3-8,14,17,21,28H,9-13H2,1-2H3. The Morgan fingerprint density at radius 3 is 2.55 bits per heavy atom. The van der Waals surface area contributed by atoms with Gasteiger partial charge in [-0.2, -0.15) is 5.10 Å². The summed E-state index contributed by atoms with van der Waals surface area (Å²) in [4.78, 5) is 14.5. The summed E-state index contributed by atoms with van der Waals surface area (Å²) < 4.78 is 13.3. The van der Waals surface area contributed by atoms with Crippen molar-refractivity contribution in [3.05, 3.63) is 59.4 Å². The Hall–Kier alpha value is -2.89. The van der Waals surface area contributed by atoms with E-state index in [4.69, 9.17) is 5.10 Å². The zero-order valence-corrected chi connectivity index (χ0v) is 16.8. The lowest BCUT2D eigenvalue weighted by Crippen LogP contribution is -2.44. The fourth-order valence-electron chi connectivity index (χ4n) is 4.42. The number of aryl methyl sites for hydroxylation is 1. The Morgan fingerprint density at radius 2 is 1.86 bits per heavy atom. The van der Waals surface area contributed by atoms with Gasteiger partial charge in [0.15, 0.2) is 11.6 Å². The molecule has 2 heterocycles. The molecule has 2 aliphatic rings. The summed E-state index contributed by atoms with van der Waals surface area (Å²) in [5, 5.41) is 16.5. The Labute approximate surface area is 170 Å². The molecule has 2 aromatic carbocycles. The average Bonchev–Trinajstić information content (AvgIpc) is 3.11. The molecular formula is C23H26FN3O2. The molecule has 0 bridgehead atoms. The maximum absolute atomic E-state index is 13.3. The van der Waals surface area contributed by atoms with Gasteiger partial charge in [0.2, 0.25) is 0 Å². The van der Waals surface area contributed by atoms with Crippen LogP contribution in [-0.2, 0) is 0 Å². The van der Waals surface area contributed by atoms with Gasteiger partial charge in [-0.25, -0.2) is 4.39 Å². The molecule has 1 N–H and O–H groups in total. The third-order valence-electron chi connectivity index (χ3n) is 6.02. The van der Waals surface area contributed by atoms with Crippen LogP contribution in [0.5, 0.6) is 5.75 Å². The van der Waals surface area contributed by atoms with Crippen LogP contribution in [0.25, 0.3) is 0 Å². The minimum Gasteiger partial charge on any atom is -0.505 e. The summed E-state index contributed by atoms with van der Waals surface area (Å²) in [7, 11) is 0. The molecule has 5 nitrogen and oxygen atoms in total. The summed E-state index contributed by atoms with van der Waals surface area (Å²) in [6.45, 7) is 5.48. The van der Waals surface area contributed by atoms with Gasteiger partial charge in [-0.1, -0.05) is 18.2 Å². The van der Waals surface area contributed by atoms with Crippen molar-refractivity contribution in [2.75, 3.05) is 18.1 Å². The highest BCUT2D eigenvalue weighted by Crippen LogP contribution is 2.35. The van der Waals surface area contributed by atoms with Crippen LogP contribution in [0.1, 0.15) is 42.1 Å². The van der Waals surface area contributed by atoms with Crippen molar-refractivity contribution < 1.29 is 14.3 Å². The van der Waals surface area contributed by atoms with Crippen LogP contribution < -0.4 is 5.01 Å². The quantitative estimate of drug-likeness (QED) is 0.841. The Morgan fingerprint density at radius 1 is 1.14 bits per heavy atom. The summed E-state index contributed by atoms with van der Waals surface area (Å²) in [6.07, 6.45) is 2.74. The van der Waals surface area contributed by atoms with Crippen molar-refractivity contribution in [2.45, 2.75) is 39.2 Å². The predicted molar refractivity (Wildman–Crippen MR) is 112 cm³/mol. The number of likely N-dealkylation sites (tertiary alicyclic amines) is 1. The second-order valence-corrected chi connectivity index (χ2v) is 8.03. The number of carbonyl (C=O) groups excluding carboxylic acids is 1. The first kappa shape index (κ1) is 19.4. The van der Waals surface area contributed by atoms with Gasteiger partial charge in [0.1, 0.15) is 0 Å². The van der Waals surface area contributed by atoms with E-state index in [1.165, 1.54) is 17.7 Å². The monoisotopic (exact) mass is 395 g/mol. The lowest BCUT2D eigenvalue weighted by Gasteiger charge is -2.38. The highest BCUT2D eigenvalue weighted by atomic mass is 19.1. The van der Waals surface area contributed by atoms with Crippen molar-refractivity contribution in [2.24, 2.45) is 11.0 Å². The Bertz CT molecular complexity index is 951. The number of piperidine rings is 1. The molecule has 1 unspecified atom stereocenters. The lowest BCUT2D eigenvalue weighted by molar-refractivity contribution is 0.0678. The lowest BCUT2D eigenvalue weighted by atomic mass is 9.86. The first-order chi connectivity index (χ1) is 13.9. The fraction of sp³-hybridized carbons (Fsp3) is 0.391. The molecule has 2 aromatic rings. The first-order valence-electron chi connectivity index (χ1n) is 10.1. The molecule has 29 heavy (non-hydrogen) atoms. The number of hydrogen-bond donors (Lipinski definition) is 1. The fourth-order valence-corrected chi connectivity index (χ4v) is 4.42. The van der Waals surface area contributed by atoms with E-state index in [0.717, 1.165) is 36.7 Å². The van der Waals surface area contributed by atoms with Crippen LogP contribution >= 0.6 is 0 Å². The third-order valence-corrected chi connectivity index (χ3v) is 6.02. The van der Waals surface area contributed by atoms with Gasteiger partial charge in [0, 0.05) is 30.8 Å². The molecular weight excluding hydrogens is 369 g/mol. The van der Waals surface area contributed by atoms with Crippen LogP contribution in [0.3, 0.4) is 0 Å². The molecule has 0 aliphatic carbocycles. The molecule has 1 atom stereocenters. The molecule has 0 spiro atoms. The molecule has 0 radical (unpaired) electrons. The van der Waals surface area contributed by atoms with Gasteiger partial charge in [0.25, 0.3) is 5.91 Å². The largest absolute Gasteiger partial charge is 0.505 e. The second-order valence-electron chi connectivity index (χ2n) is 8.03. The number of aromatic hydroxyl groups is 1. The smallest absolute Gasteiger partial charge is 0.253 e. The van der Waals surface area contributed by atoms with Gasteiger partial charge >= 0.3 is 0 Å². The highest BCUT2D eigenvalue weighted by molar-refractivity contribution is 5.94. The van der Waals surface area contributed by atoms with Crippen molar-refractivity contribution >= 4 is 17.3 Å². The third kappa shape index (κ3) is 3.84. The SMILES string of the molecule is CC1=NN(c2ccccc2C)C(C2CCN(C(=O)c3ccc(F)c(O)c3)CC2)C1. The number of hydrogen-bond acceptors (Lipinski definition) is 4. The van der Waals surface area contributed by atoms with E-state index < -0.39 is 11.6 Å². The summed E-state index contributed by atoms with van der Waals surface area (Å²) >= 11 is 0. The van der Waals surface area contributed by atoms with Crippen molar-refractivity contribution in [1.82, 2.24) is 4.90 Å². The van der Waals surface area contributed by atoms with E-state index in [2.05, 4.69) is 31.0 Å². The van der Waals surface area contributed by atoms with E-state index in [9.17, 15) is 14.3 Å². The molecule has 1 fully saturated rings. The number of phenolic OH excluding ortho intramolecular Hbond substituents is 1. The molecule has 1 saturated heterocycles. The molecule has 1 amide bonds. The topological polar surface area (TPSA) is 56.1 Å². The maximum Gasteiger partial charge on any atom is 0.253 e. The molecule has 0 aromatic heterocycles. The molecule has 4 rings (SSSR count). The summed E-state index contributed by atoms with van der Waals surface area (Å²) in [5.74, 6) is -0.916. The minimum atomic E-state index is -0.715. The normalized spacial score (nSPS) is 20.1. The van der Waals surface area contributed by atoms with E-state index in [0.29, 0.717) is 30.6 Å².